The molecular weight excluding hydrogens is 296 g/mol. The van der Waals surface area contributed by atoms with Crippen molar-refractivity contribution in [2.45, 2.75) is 44.8 Å². The van der Waals surface area contributed by atoms with Crippen molar-refractivity contribution in [1.82, 2.24) is 10.2 Å². The molecule has 3 heteroatoms. The minimum absolute atomic E-state index is 0.247. The van der Waals surface area contributed by atoms with Crippen LogP contribution in [0.4, 0.5) is 0 Å². The number of rotatable bonds is 7. The Morgan fingerprint density at radius 3 is 2.04 bits per heavy atom. The van der Waals surface area contributed by atoms with E-state index in [-0.39, 0.29) is 5.91 Å². The Hall–Kier alpha value is -2.13. The Kier molecular flexibility index (Phi) is 6.02. The number of amides is 1. The molecule has 1 unspecified atom stereocenters. The molecule has 1 N–H and O–H groups in total. The molecule has 0 saturated carbocycles. The van der Waals surface area contributed by atoms with Crippen LogP contribution in [0.2, 0.25) is 0 Å². The fourth-order valence-electron chi connectivity index (χ4n) is 3.30. The highest BCUT2D eigenvalue weighted by molar-refractivity contribution is 5.76. The maximum absolute atomic E-state index is 12.8. The van der Waals surface area contributed by atoms with Gasteiger partial charge in [-0.1, -0.05) is 60.7 Å². The zero-order chi connectivity index (χ0) is 16.6. The van der Waals surface area contributed by atoms with E-state index >= 15 is 0 Å². The third-order valence-corrected chi connectivity index (χ3v) is 4.65. The number of nitrogens with one attached hydrogen (secondary N) is 1. The van der Waals surface area contributed by atoms with Gasteiger partial charge >= 0.3 is 0 Å². The van der Waals surface area contributed by atoms with E-state index < -0.39 is 0 Å². The number of benzene rings is 2. The van der Waals surface area contributed by atoms with E-state index in [0.717, 1.165) is 13.0 Å². The van der Waals surface area contributed by atoms with Crippen LogP contribution < -0.4 is 5.32 Å². The maximum Gasteiger partial charge on any atom is 0.223 e. The minimum atomic E-state index is 0.247. The largest absolute Gasteiger partial charge is 0.334 e. The molecule has 0 aromatic heterocycles. The van der Waals surface area contributed by atoms with Gasteiger partial charge in [-0.3, -0.25) is 4.79 Å². The second-order valence-corrected chi connectivity index (χ2v) is 6.55. The Balaban J connectivity index is 1.64. The van der Waals surface area contributed by atoms with Crippen LogP contribution in [0.3, 0.4) is 0 Å². The summed E-state index contributed by atoms with van der Waals surface area (Å²) >= 11 is 0. The van der Waals surface area contributed by atoms with E-state index in [2.05, 4.69) is 29.6 Å². The summed E-state index contributed by atoms with van der Waals surface area (Å²) in [6.07, 6.45) is 4.00. The van der Waals surface area contributed by atoms with Crippen LogP contribution in [0.25, 0.3) is 0 Å². The number of hydrogen-bond donors (Lipinski definition) is 1. The second-order valence-electron chi connectivity index (χ2n) is 6.55. The van der Waals surface area contributed by atoms with Gasteiger partial charge in [0, 0.05) is 25.6 Å². The molecule has 0 bridgehead atoms. The molecule has 126 valence electrons. The first kappa shape index (κ1) is 16.7. The van der Waals surface area contributed by atoms with Crippen LogP contribution in [0.1, 0.15) is 36.8 Å². The molecule has 0 spiro atoms. The van der Waals surface area contributed by atoms with Crippen molar-refractivity contribution in [2.24, 2.45) is 0 Å². The number of carbonyl (C=O) groups excluding carboxylic acids is 1. The highest BCUT2D eigenvalue weighted by atomic mass is 16.2. The van der Waals surface area contributed by atoms with Crippen LogP contribution in [-0.4, -0.2) is 23.4 Å². The smallest absolute Gasteiger partial charge is 0.223 e. The Morgan fingerprint density at radius 2 is 1.54 bits per heavy atom. The Labute approximate surface area is 144 Å². The van der Waals surface area contributed by atoms with Crippen LogP contribution in [-0.2, 0) is 17.9 Å². The molecule has 1 aliphatic heterocycles. The second kappa shape index (κ2) is 8.65. The van der Waals surface area contributed by atoms with Gasteiger partial charge in [0.2, 0.25) is 5.91 Å². The first-order valence-corrected chi connectivity index (χ1v) is 8.90. The Morgan fingerprint density at radius 1 is 0.958 bits per heavy atom. The fourth-order valence-corrected chi connectivity index (χ4v) is 3.30. The van der Waals surface area contributed by atoms with Gasteiger partial charge in [-0.25, -0.2) is 0 Å². The lowest BCUT2D eigenvalue weighted by atomic mass is 10.1. The first-order chi connectivity index (χ1) is 11.8. The van der Waals surface area contributed by atoms with E-state index in [1.807, 2.05) is 41.3 Å². The molecule has 3 nitrogen and oxygen atoms in total. The van der Waals surface area contributed by atoms with E-state index in [4.69, 9.17) is 0 Å². The van der Waals surface area contributed by atoms with Crippen LogP contribution in [0.15, 0.2) is 60.7 Å². The summed E-state index contributed by atoms with van der Waals surface area (Å²) in [5.74, 6) is 0.247. The zero-order valence-electron chi connectivity index (χ0n) is 14.2. The topological polar surface area (TPSA) is 32.3 Å². The monoisotopic (exact) mass is 322 g/mol. The molecule has 2 aromatic carbocycles. The van der Waals surface area contributed by atoms with Gasteiger partial charge in [0.15, 0.2) is 0 Å². The standard InChI is InChI=1S/C21H26N2O/c24-21(14-13-20-12-7-15-22-20)23(16-18-8-3-1-4-9-18)17-19-10-5-2-6-11-19/h1-6,8-11,20,22H,7,12-17H2. The van der Waals surface area contributed by atoms with Gasteiger partial charge in [-0.15, -0.1) is 0 Å². The first-order valence-electron chi connectivity index (χ1n) is 8.90. The zero-order valence-corrected chi connectivity index (χ0v) is 14.2. The average Bonchev–Trinajstić information content (AvgIpc) is 3.14. The van der Waals surface area contributed by atoms with Gasteiger partial charge in [-0.05, 0) is 36.9 Å². The summed E-state index contributed by atoms with van der Waals surface area (Å²) in [7, 11) is 0. The molecule has 0 radical (unpaired) electrons. The minimum Gasteiger partial charge on any atom is -0.334 e. The third-order valence-electron chi connectivity index (χ3n) is 4.65. The lowest BCUT2D eigenvalue weighted by Gasteiger charge is -2.24. The quantitative estimate of drug-likeness (QED) is 0.842. The predicted octanol–water partition coefficient (Wildman–Crippen LogP) is 3.75. The highest BCUT2D eigenvalue weighted by Crippen LogP contribution is 2.15. The molecule has 1 aliphatic rings. The summed E-state index contributed by atoms with van der Waals surface area (Å²) in [5.41, 5.74) is 2.36. The molecule has 1 saturated heterocycles. The predicted molar refractivity (Wildman–Crippen MR) is 97.4 cm³/mol. The summed E-state index contributed by atoms with van der Waals surface area (Å²) in [4.78, 5) is 14.8. The number of carbonyl (C=O) groups is 1. The van der Waals surface area contributed by atoms with Crippen molar-refractivity contribution in [3.63, 3.8) is 0 Å². The molecule has 1 heterocycles. The third kappa shape index (κ3) is 4.93. The van der Waals surface area contributed by atoms with Crippen molar-refractivity contribution in [3.8, 4) is 0 Å². The van der Waals surface area contributed by atoms with E-state index in [9.17, 15) is 4.79 Å². The van der Waals surface area contributed by atoms with Gasteiger partial charge in [-0.2, -0.15) is 0 Å². The van der Waals surface area contributed by atoms with Gasteiger partial charge in [0.1, 0.15) is 0 Å². The molecule has 24 heavy (non-hydrogen) atoms. The normalized spacial score (nSPS) is 16.9. The van der Waals surface area contributed by atoms with Crippen molar-refractivity contribution < 1.29 is 4.79 Å². The molecule has 2 aromatic rings. The van der Waals surface area contributed by atoms with Crippen molar-refractivity contribution in [3.05, 3.63) is 71.8 Å². The molecule has 0 aliphatic carbocycles. The van der Waals surface area contributed by atoms with Crippen LogP contribution in [0, 0.1) is 0 Å². The summed E-state index contributed by atoms with van der Waals surface area (Å²) in [6, 6.07) is 21.0. The summed E-state index contributed by atoms with van der Waals surface area (Å²) in [6.45, 7) is 2.44. The summed E-state index contributed by atoms with van der Waals surface area (Å²) in [5, 5.41) is 3.48. The van der Waals surface area contributed by atoms with E-state index in [0.29, 0.717) is 25.6 Å². The van der Waals surface area contributed by atoms with Gasteiger partial charge in [0.25, 0.3) is 0 Å². The lowest BCUT2D eigenvalue weighted by molar-refractivity contribution is -0.132. The van der Waals surface area contributed by atoms with Crippen molar-refractivity contribution in [2.75, 3.05) is 6.54 Å². The fraction of sp³-hybridized carbons (Fsp3) is 0.381. The van der Waals surface area contributed by atoms with Gasteiger partial charge in [0.05, 0.1) is 0 Å². The summed E-state index contributed by atoms with van der Waals surface area (Å²) < 4.78 is 0. The number of nitrogens with zero attached hydrogens (tertiary/aromatic N) is 1. The van der Waals surface area contributed by atoms with Crippen molar-refractivity contribution in [1.29, 1.82) is 0 Å². The number of hydrogen-bond acceptors (Lipinski definition) is 2. The van der Waals surface area contributed by atoms with Crippen LogP contribution in [0.5, 0.6) is 0 Å². The van der Waals surface area contributed by atoms with E-state index in [1.165, 1.54) is 24.0 Å². The van der Waals surface area contributed by atoms with Crippen molar-refractivity contribution >= 4 is 5.91 Å². The van der Waals surface area contributed by atoms with E-state index in [1.54, 1.807) is 0 Å². The lowest BCUT2D eigenvalue weighted by Crippen LogP contribution is -2.31. The molecule has 1 fully saturated rings. The van der Waals surface area contributed by atoms with Gasteiger partial charge < -0.3 is 10.2 Å². The molecule has 1 amide bonds. The molecular formula is C21H26N2O. The average molecular weight is 322 g/mol. The molecule has 3 rings (SSSR count). The Bertz CT molecular complexity index is 579. The SMILES string of the molecule is O=C(CCC1CCCN1)N(Cc1ccccc1)Cc1ccccc1. The van der Waals surface area contributed by atoms with Crippen LogP contribution >= 0.6 is 0 Å². The molecule has 1 atom stereocenters. The highest BCUT2D eigenvalue weighted by Gasteiger charge is 2.19. The maximum atomic E-state index is 12.8.